The first-order valence-electron chi connectivity index (χ1n) is 5.18. The van der Waals surface area contributed by atoms with E-state index in [1.165, 1.54) is 0 Å². The molecule has 0 saturated heterocycles. The molecule has 0 saturated carbocycles. The molecule has 0 aliphatic rings. The minimum absolute atomic E-state index is 0. The average molecular weight is 285 g/mol. The van der Waals surface area contributed by atoms with E-state index in [0.717, 1.165) is 52.1 Å². The smallest absolute Gasteiger partial charge is 0.00767 e. The molecule has 0 aromatic carbocycles. The van der Waals surface area contributed by atoms with Gasteiger partial charge in [-0.2, -0.15) is 0 Å². The molecule has 0 heterocycles. The Kier molecular flexibility index (Phi) is 53.7. The van der Waals surface area contributed by atoms with Crippen LogP contribution < -0.4 is 22.1 Å². The monoisotopic (exact) mass is 285 g/mol. The van der Waals surface area contributed by atoms with Crippen LogP contribution in [0.2, 0.25) is 0 Å². The van der Waals surface area contributed by atoms with Gasteiger partial charge in [-0.1, -0.05) is 0 Å². The van der Waals surface area contributed by atoms with Gasteiger partial charge in [0.05, 0.1) is 0 Å². The van der Waals surface area contributed by atoms with Gasteiger partial charge in [0, 0.05) is 29.9 Å². The van der Waals surface area contributed by atoms with Crippen LogP contribution in [-0.4, -0.2) is 39.3 Å². The maximum absolute atomic E-state index is 6.25. The zero-order valence-corrected chi connectivity index (χ0v) is 11.1. The van der Waals surface area contributed by atoms with E-state index in [1.807, 2.05) is 0 Å². The third-order valence-electron chi connectivity index (χ3n) is 1.59. The molecule has 103 valence electrons. The molecule has 0 aromatic rings. The van der Waals surface area contributed by atoms with Crippen molar-refractivity contribution in [2.24, 2.45) is 11.5 Å². The predicted octanol–water partition coefficient (Wildman–Crippen LogP) is -0.947. The van der Waals surface area contributed by atoms with Crippen molar-refractivity contribution in [1.29, 1.82) is 10.5 Å². The molecule has 0 aliphatic carbocycles. The van der Waals surface area contributed by atoms with Crippen LogP contribution in [0.5, 0.6) is 0 Å². The Bertz CT molecular complexity index is 123. The quantitative estimate of drug-likeness (QED) is 0.320. The summed E-state index contributed by atoms with van der Waals surface area (Å²) in [4.78, 5) is 0. The summed E-state index contributed by atoms with van der Waals surface area (Å²) >= 11 is 0. The molecule has 0 aromatic heterocycles. The summed E-state index contributed by atoms with van der Waals surface area (Å²) in [5.41, 5.74) is 10.7. The van der Waals surface area contributed by atoms with Crippen molar-refractivity contribution < 1.29 is 16.8 Å². The van der Waals surface area contributed by atoms with Crippen LogP contribution in [0.4, 0.5) is 0 Å². The average Bonchev–Trinajstić information content (AvgIpc) is 2.38. The Morgan fingerprint density at radius 3 is 1.24 bits per heavy atom. The molecule has 0 amide bonds. The second kappa shape index (κ2) is 36.2. The number of rotatable bonds is 9. The van der Waals surface area contributed by atoms with Gasteiger partial charge in [0.1, 0.15) is 0 Å². The SMILES string of the molecule is NCCCNCCNCCCN.[C-]#N.[C-]#N.[Co]. The van der Waals surface area contributed by atoms with Crippen LogP contribution in [0.25, 0.3) is 0 Å². The second-order valence-corrected chi connectivity index (χ2v) is 2.78. The number of hydrogen-bond acceptors (Lipinski definition) is 6. The van der Waals surface area contributed by atoms with Crippen molar-refractivity contribution in [3.05, 3.63) is 13.1 Å². The first-order chi connectivity index (χ1) is 7.91. The zero-order valence-electron chi connectivity index (χ0n) is 10.0. The molecular formula is C10H22CoN6-2. The van der Waals surface area contributed by atoms with Gasteiger partial charge in [-0.15, -0.1) is 0 Å². The third kappa shape index (κ3) is 39.3. The topological polar surface area (TPSA) is 124 Å². The van der Waals surface area contributed by atoms with Gasteiger partial charge in [-0.3, -0.25) is 0 Å². The van der Waals surface area contributed by atoms with E-state index in [1.54, 1.807) is 0 Å². The Morgan fingerprint density at radius 1 is 0.706 bits per heavy atom. The van der Waals surface area contributed by atoms with Crippen molar-refractivity contribution in [2.75, 3.05) is 39.3 Å². The van der Waals surface area contributed by atoms with Gasteiger partial charge in [0.25, 0.3) is 0 Å². The molecule has 0 atom stereocenters. The molecule has 17 heavy (non-hydrogen) atoms. The van der Waals surface area contributed by atoms with Gasteiger partial charge >= 0.3 is 0 Å². The Morgan fingerprint density at radius 2 is 1.00 bits per heavy atom. The van der Waals surface area contributed by atoms with E-state index in [-0.39, 0.29) is 16.8 Å². The fourth-order valence-electron chi connectivity index (χ4n) is 0.881. The van der Waals surface area contributed by atoms with E-state index in [0.29, 0.717) is 0 Å². The third-order valence-corrected chi connectivity index (χ3v) is 1.59. The summed E-state index contributed by atoms with van der Waals surface area (Å²) in [6.45, 7) is 15.1. The normalized spacial score (nSPS) is 7.65. The van der Waals surface area contributed by atoms with Gasteiger partial charge < -0.3 is 45.8 Å². The number of hydrogen-bond donors (Lipinski definition) is 4. The Labute approximate surface area is 115 Å². The van der Waals surface area contributed by atoms with E-state index >= 15 is 0 Å². The summed E-state index contributed by atoms with van der Waals surface area (Å²) in [6, 6.07) is 0. The van der Waals surface area contributed by atoms with Crippen LogP contribution in [0, 0.1) is 23.7 Å². The molecular weight excluding hydrogens is 263 g/mol. The van der Waals surface area contributed by atoms with E-state index < -0.39 is 0 Å². The number of nitrogens with zero attached hydrogens (tertiary/aromatic N) is 2. The van der Waals surface area contributed by atoms with Crippen LogP contribution in [0.1, 0.15) is 12.8 Å². The van der Waals surface area contributed by atoms with E-state index in [9.17, 15) is 0 Å². The zero-order chi connectivity index (χ0) is 13.1. The molecule has 6 nitrogen and oxygen atoms in total. The van der Waals surface area contributed by atoms with Crippen molar-refractivity contribution in [3.8, 4) is 0 Å². The van der Waals surface area contributed by atoms with Crippen molar-refractivity contribution >= 4 is 0 Å². The van der Waals surface area contributed by atoms with Gasteiger partial charge in [-0.25, -0.2) is 0 Å². The van der Waals surface area contributed by atoms with Crippen molar-refractivity contribution in [3.63, 3.8) is 0 Å². The first-order valence-corrected chi connectivity index (χ1v) is 5.18. The molecule has 0 rings (SSSR count). The Balaban J connectivity index is -0.000000152. The summed E-state index contributed by atoms with van der Waals surface area (Å²) in [5.74, 6) is 0. The summed E-state index contributed by atoms with van der Waals surface area (Å²) in [5, 5.41) is 19.1. The maximum Gasteiger partial charge on any atom is 0.00767 e. The van der Waals surface area contributed by atoms with Crippen LogP contribution in [-0.2, 0) is 16.8 Å². The predicted molar refractivity (Wildman–Crippen MR) is 63.0 cm³/mol. The molecule has 0 bridgehead atoms. The summed E-state index contributed by atoms with van der Waals surface area (Å²) in [7, 11) is 0. The Hall–Kier alpha value is -0.674. The fraction of sp³-hybridized carbons (Fsp3) is 0.800. The van der Waals surface area contributed by atoms with Crippen LogP contribution in [0.3, 0.4) is 0 Å². The molecule has 0 unspecified atom stereocenters. The second-order valence-electron chi connectivity index (χ2n) is 2.78. The van der Waals surface area contributed by atoms with Gasteiger partial charge in [-0.05, 0) is 39.0 Å². The van der Waals surface area contributed by atoms with Crippen molar-refractivity contribution in [1.82, 2.24) is 10.6 Å². The maximum atomic E-state index is 6.25. The van der Waals surface area contributed by atoms with Gasteiger partial charge in [0.15, 0.2) is 0 Å². The minimum atomic E-state index is 0. The van der Waals surface area contributed by atoms with Crippen LogP contribution >= 0.6 is 0 Å². The largest absolute Gasteiger partial charge is 0.512 e. The number of nitrogens with one attached hydrogen (secondary N) is 2. The standard InChI is InChI=1S/C8H22N4.2CN.Co/c9-3-1-5-11-7-8-12-6-2-4-10;2*1-2;/h11-12H,1-10H2;;;/q;2*-1;. The summed E-state index contributed by atoms with van der Waals surface area (Å²) < 4.78 is 0. The van der Waals surface area contributed by atoms with Crippen molar-refractivity contribution in [2.45, 2.75) is 12.8 Å². The fourth-order valence-corrected chi connectivity index (χ4v) is 0.881. The first kappa shape index (κ1) is 25.2. The van der Waals surface area contributed by atoms with Gasteiger partial charge in [0.2, 0.25) is 0 Å². The summed E-state index contributed by atoms with van der Waals surface area (Å²) in [6.07, 6.45) is 2.12. The molecule has 1 radical (unpaired) electrons. The molecule has 0 spiro atoms. The molecule has 0 fully saturated rings. The van der Waals surface area contributed by atoms with E-state index in [4.69, 9.17) is 35.1 Å². The van der Waals surface area contributed by atoms with E-state index in [2.05, 4.69) is 10.6 Å². The minimum Gasteiger partial charge on any atom is -0.512 e. The van der Waals surface area contributed by atoms with Crippen LogP contribution in [0.15, 0.2) is 0 Å². The number of nitrogens with two attached hydrogens (primary N) is 2. The molecule has 7 heteroatoms. The molecule has 0 aliphatic heterocycles. The molecule has 6 N–H and O–H groups in total.